The van der Waals surface area contributed by atoms with Gasteiger partial charge in [-0.3, -0.25) is 5.84 Å². The molecule has 0 bridgehead atoms. The van der Waals surface area contributed by atoms with Crippen molar-refractivity contribution in [1.82, 2.24) is 5.43 Å². The quantitative estimate of drug-likeness (QED) is 0.653. The highest BCUT2D eigenvalue weighted by molar-refractivity contribution is 6.30. The minimum absolute atomic E-state index is 0.0322. The lowest BCUT2D eigenvalue weighted by Gasteiger charge is -2.18. The Balaban J connectivity index is 2.38. The average Bonchev–Trinajstić information content (AvgIpc) is 2.40. The van der Waals surface area contributed by atoms with Crippen LogP contribution in [-0.2, 0) is 6.42 Å². The highest BCUT2D eigenvalue weighted by atomic mass is 35.5. The smallest absolute Gasteiger partial charge is 0.0710 e. The predicted molar refractivity (Wildman–Crippen MR) is 76.4 cm³/mol. The molecule has 2 nitrogen and oxygen atoms in total. The molecule has 0 heterocycles. The zero-order valence-corrected chi connectivity index (χ0v) is 11.1. The highest BCUT2D eigenvalue weighted by Gasteiger charge is 2.12. The van der Waals surface area contributed by atoms with Crippen molar-refractivity contribution in [2.45, 2.75) is 19.4 Å². The van der Waals surface area contributed by atoms with Gasteiger partial charge in [0.15, 0.2) is 0 Å². The van der Waals surface area contributed by atoms with Crippen molar-refractivity contribution in [2.24, 2.45) is 5.84 Å². The second-order valence-corrected chi connectivity index (χ2v) is 4.69. The van der Waals surface area contributed by atoms with Crippen LogP contribution in [0.1, 0.15) is 29.7 Å². The largest absolute Gasteiger partial charge is 0.271 e. The van der Waals surface area contributed by atoms with Crippen molar-refractivity contribution in [3.63, 3.8) is 0 Å². The Kier molecular flexibility index (Phi) is 4.37. The lowest BCUT2D eigenvalue weighted by Crippen LogP contribution is -2.28. The molecule has 0 aromatic heterocycles. The van der Waals surface area contributed by atoms with Crippen LogP contribution >= 0.6 is 11.6 Å². The Labute approximate surface area is 113 Å². The minimum atomic E-state index is -0.0322. The molecule has 0 spiro atoms. The van der Waals surface area contributed by atoms with Crippen LogP contribution in [0.3, 0.4) is 0 Å². The van der Waals surface area contributed by atoms with Gasteiger partial charge in [0.1, 0.15) is 0 Å². The molecule has 2 aromatic rings. The Bertz CT molecular complexity index is 525. The Morgan fingerprint density at radius 1 is 1.11 bits per heavy atom. The van der Waals surface area contributed by atoms with Crippen molar-refractivity contribution < 1.29 is 0 Å². The molecule has 0 radical (unpaired) electrons. The fourth-order valence-corrected chi connectivity index (χ4v) is 2.26. The molecule has 2 aromatic carbocycles. The second-order valence-electron chi connectivity index (χ2n) is 4.25. The number of rotatable bonds is 4. The zero-order chi connectivity index (χ0) is 13.0. The summed E-state index contributed by atoms with van der Waals surface area (Å²) in [6.45, 7) is 2.14. The van der Waals surface area contributed by atoms with Gasteiger partial charge in [0.05, 0.1) is 6.04 Å². The van der Waals surface area contributed by atoms with Gasteiger partial charge < -0.3 is 0 Å². The molecule has 1 atom stereocenters. The predicted octanol–water partition coefficient (Wildman–Crippen LogP) is 3.46. The molecular weight excluding hydrogens is 244 g/mol. The number of halogens is 1. The molecule has 0 fully saturated rings. The summed E-state index contributed by atoms with van der Waals surface area (Å²) in [6.07, 6.45) is 1.01. The van der Waals surface area contributed by atoms with Crippen LogP contribution in [-0.4, -0.2) is 0 Å². The van der Waals surface area contributed by atoms with E-state index in [2.05, 4.69) is 36.6 Å². The van der Waals surface area contributed by atoms with E-state index in [0.717, 1.165) is 22.6 Å². The number of aryl methyl sites for hydroxylation is 1. The number of benzene rings is 2. The van der Waals surface area contributed by atoms with Crippen LogP contribution in [0, 0.1) is 0 Å². The molecule has 0 saturated carbocycles. The fourth-order valence-electron chi connectivity index (χ4n) is 2.06. The minimum Gasteiger partial charge on any atom is -0.271 e. The number of nitrogens with one attached hydrogen (secondary N) is 1. The lowest BCUT2D eigenvalue weighted by atomic mass is 9.97. The van der Waals surface area contributed by atoms with E-state index < -0.39 is 0 Å². The first-order chi connectivity index (χ1) is 8.74. The van der Waals surface area contributed by atoms with Gasteiger partial charge in [-0.2, -0.15) is 0 Å². The number of hydrazine groups is 1. The maximum Gasteiger partial charge on any atom is 0.0710 e. The summed E-state index contributed by atoms with van der Waals surface area (Å²) in [4.78, 5) is 0. The van der Waals surface area contributed by atoms with Crippen molar-refractivity contribution >= 4 is 11.6 Å². The molecule has 94 valence electrons. The van der Waals surface area contributed by atoms with E-state index in [1.165, 1.54) is 5.56 Å². The van der Waals surface area contributed by atoms with E-state index in [1.807, 2.05) is 24.3 Å². The summed E-state index contributed by atoms with van der Waals surface area (Å²) >= 11 is 6.02. The SMILES string of the molecule is CCc1cccc(C(NN)c2cccc(Cl)c2)c1. The van der Waals surface area contributed by atoms with Gasteiger partial charge in [-0.25, -0.2) is 5.43 Å². The summed E-state index contributed by atoms with van der Waals surface area (Å²) in [5, 5.41) is 0.722. The molecule has 0 aliphatic heterocycles. The van der Waals surface area contributed by atoms with E-state index in [9.17, 15) is 0 Å². The van der Waals surface area contributed by atoms with Gasteiger partial charge in [-0.1, -0.05) is 54.9 Å². The van der Waals surface area contributed by atoms with E-state index in [-0.39, 0.29) is 6.04 Å². The third-order valence-electron chi connectivity index (χ3n) is 3.04. The van der Waals surface area contributed by atoms with Crippen molar-refractivity contribution in [2.75, 3.05) is 0 Å². The third-order valence-corrected chi connectivity index (χ3v) is 3.28. The first-order valence-corrected chi connectivity index (χ1v) is 6.43. The van der Waals surface area contributed by atoms with Gasteiger partial charge in [0.25, 0.3) is 0 Å². The van der Waals surface area contributed by atoms with Crippen molar-refractivity contribution in [3.8, 4) is 0 Å². The molecule has 0 saturated heterocycles. The second kappa shape index (κ2) is 6.01. The molecule has 0 amide bonds. The van der Waals surface area contributed by atoms with Crippen LogP contribution in [0.15, 0.2) is 48.5 Å². The summed E-state index contributed by atoms with van der Waals surface area (Å²) in [6, 6.07) is 16.1. The molecule has 3 heteroatoms. The Morgan fingerprint density at radius 2 is 1.78 bits per heavy atom. The Hall–Kier alpha value is -1.35. The molecule has 3 N–H and O–H groups in total. The van der Waals surface area contributed by atoms with Crippen molar-refractivity contribution in [1.29, 1.82) is 0 Å². The van der Waals surface area contributed by atoms with E-state index >= 15 is 0 Å². The van der Waals surface area contributed by atoms with Gasteiger partial charge in [0, 0.05) is 5.02 Å². The summed E-state index contributed by atoms with van der Waals surface area (Å²) < 4.78 is 0. The van der Waals surface area contributed by atoms with Gasteiger partial charge in [-0.15, -0.1) is 0 Å². The maximum atomic E-state index is 6.02. The first-order valence-electron chi connectivity index (χ1n) is 6.05. The molecule has 18 heavy (non-hydrogen) atoms. The van der Waals surface area contributed by atoms with Crippen molar-refractivity contribution in [3.05, 3.63) is 70.2 Å². The zero-order valence-electron chi connectivity index (χ0n) is 10.4. The van der Waals surface area contributed by atoms with E-state index in [4.69, 9.17) is 17.4 Å². The summed E-state index contributed by atoms with van der Waals surface area (Å²) in [5.41, 5.74) is 6.38. The van der Waals surface area contributed by atoms with Gasteiger partial charge in [-0.05, 0) is 35.2 Å². The van der Waals surface area contributed by atoms with Crippen LogP contribution in [0.2, 0.25) is 5.02 Å². The molecule has 1 unspecified atom stereocenters. The van der Waals surface area contributed by atoms with Gasteiger partial charge in [0.2, 0.25) is 0 Å². The van der Waals surface area contributed by atoms with E-state index in [0.29, 0.717) is 0 Å². The first kappa shape index (κ1) is 13.1. The molecule has 2 rings (SSSR count). The topological polar surface area (TPSA) is 38.0 Å². The third kappa shape index (κ3) is 2.91. The number of hydrogen-bond donors (Lipinski definition) is 2. The number of nitrogens with two attached hydrogens (primary N) is 1. The molecule has 0 aliphatic carbocycles. The molecular formula is C15H17ClN2. The van der Waals surface area contributed by atoms with E-state index in [1.54, 1.807) is 0 Å². The van der Waals surface area contributed by atoms with Crippen LogP contribution < -0.4 is 11.3 Å². The van der Waals surface area contributed by atoms with Gasteiger partial charge >= 0.3 is 0 Å². The monoisotopic (exact) mass is 260 g/mol. The lowest BCUT2D eigenvalue weighted by molar-refractivity contribution is 0.636. The maximum absolute atomic E-state index is 6.02. The normalized spacial score (nSPS) is 12.4. The van der Waals surface area contributed by atoms with Crippen LogP contribution in [0.25, 0.3) is 0 Å². The Morgan fingerprint density at radius 3 is 2.39 bits per heavy atom. The van der Waals surface area contributed by atoms with Crippen LogP contribution in [0.5, 0.6) is 0 Å². The number of hydrogen-bond acceptors (Lipinski definition) is 2. The molecule has 0 aliphatic rings. The summed E-state index contributed by atoms with van der Waals surface area (Å²) in [5.74, 6) is 5.69. The average molecular weight is 261 g/mol. The summed E-state index contributed by atoms with van der Waals surface area (Å²) in [7, 11) is 0. The fraction of sp³-hybridized carbons (Fsp3) is 0.200. The highest BCUT2D eigenvalue weighted by Crippen LogP contribution is 2.24. The standard InChI is InChI=1S/C15H17ClN2/c1-2-11-5-3-6-12(9-11)15(18-17)13-7-4-8-14(16)10-13/h3-10,15,18H,2,17H2,1H3. The van der Waals surface area contributed by atoms with Crippen LogP contribution in [0.4, 0.5) is 0 Å².